The van der Waals surface area contributed by atoms with Crippen LogP contribution in [0.15, 0.2) is 12.1 Å². The molecule has 0 atom stereocenters. The Morgan fingerprint density at radius 1 is 1.43 bits per heavy atom. The van der Waals surface area contributed by atoms with Crippen molar-refractivity contribution in [3.8, 4) is 11.5 Å². The lowest BCUT2D eigenvalue weighted by Gasteiger charge is -2.38. The van der Waals surface area contributed by atoms with Gasteiger partial charge in [-0.2, -0.15) is 0 Å². The van der Waals surface area contributed by atoms with Crippen LogP contribution in [0, 0.1) is 0 Å². The van der Waals surface area contributed by atoms with Gasteiger partial charge in [-0.15, -0.1) is 0 Å². The lowest BCUT2D eigenvalue weighted by atomic mass is 10.0. The molecule has 0 fully saturated rings. The monoisotopic (exact) mass is 321 g/mol. The highest BCUT2D eigenvalue weighted by Crippen LogP contribution is 2.45. The largest absolute Gasteiger partial charge is 0.490 e. The van der Waals surface area contributed by atoms with Gasteiger partial charge in [0.15, 0.2) is 17.1 Å². The van der Waals surface area contributed by atoms with Crippen LogP contribution in [0.2, 0.25) is 0 Å². The van der Waals surface area contributed by atoms with E-state index in [4.69, 9.17) is 14.6 Å². The molecular formula is C16H19NO6. The Labute approximate surface area is 133 Å². The Kier molecular flexibility index (Phi) is 4.58. The second-order valence-electron chi connectivity index (χ2n) is 5.73. The highest BCUT2D eigenvalue weighted by Gasteiger charge is 2.43. The van der Waals surface area contributed by atoms with E-state index >= 15 is 0 Å². The molecule has 0 bridgehead atoms. The van der Waals surface area contributed by atoms with E-state index in [1.807, 2.05) is 6.92 Å². The van der Waals surface area contributed by atoms with Crippen molar-refractivity contribution >= 4 is 23.9 Å². The van der Waals surface area contributed by atoms with E-state index in [0.29, 0.717) is 18.6 Å². The molecule has 1 N–H and O–H groups in total. The average Bonchev–Trinajstić information content (AvgIpc) is 2.49. The molecule has 0 aliphatic carbocycles. The van der Waals surface area contributed by atoms with Crippen LogP contribution < -0.4 is 14.4 Å². The summed E-state index contributed by atoms with van der Waals surface area (Å²) in [7, 11) is 0. The van der Waals surface area contributed by atoms with Crippen molar-refractivity contribution in [1.29, 1.82) is 0 Å². The van der Waals surface area contributed by atoms with Crippen molar-refractivity contribution in [3.63, 3.8) is 0 Å². The molecule has 0 saturated carbocycles. The zero-order valence-electron chi connectivity index (χ0n) is 13.3. The van der Waals surface area contributed by atoms with Gasteiger partial charge in [0.1, 0.15) is 12.8 Å². The first-order valence-corrected chi connectivity index (χ1v) is 7.29. The minimum atomic E-state index is -1.23. The Bertz CT molecular complexity index is 652. The highest BCUT2D eigenvalue weighted by molar-refractivity contribution is 6.06. The van der Waals surface area contributed by atoms with E-state index in [9.17, 15) is 14.4 Å². The molecule has 0 saturated heterocycles. The number of carboxylic acids is 1. The molecule has 0 spiro atoms. The third-order valence-electron chi connectivity index (χ3n) is 3.36. The van der Waals surface area contributed by atoms with E-state index in [1.54, 1.807) is 13.8 Å². The zero-order chi connectivity index (χ0) is 17.2. The fourth-order valence-corrected chi connectivity index (χ4v) is 2.32. The average molecular weight is 321 g/mol. The fraction of sp³-hybridized carbons (Fsp3) is 0.438. The Morgan fingerprint density at radius 3 is 2.70 bits per heavy atom. The molecule has 124 valence electrons. The topological polar surface area (TPSA) is 93.1 Å². The number of carbonyl (C=O) groups excluding carboxylic acids is 2. The summed E-state index contributed by atoms with van der Waals surface area (Å²) in [6.07, 6.45) is 1.36. The van der Waals surface area contributed by atoms with Crippen LogP contribution in [0.1, 0.15) is 37.6 Å². The number of hydrogen-bond acceptors (Lipinski definition) is 5. The summed E-state index contributed by atoms with van der Waals surface area (Å²) in [4.78, 5) is 35.8. The van der Waals surface area contributed by atoms with Gasteiger partial charge in [-0.25, -0.2) is 0 Å². The summed E-state index contributed by atoms with van der Waals surface area (Å²) in [5, 5.41) is 9.08. The molecule has 1 heterocycles. The van der Waals surface area contributed by atoms with Crippen LogP contribution in [0.25, 0.3) is 0 Å². The van der Waals surface area contributed by atoms with Gasteiger partial charge in [0.25, 0.3) is 5.91 Å². The van der Waals surface area contributed by atoms with Crippen molar-refractivity contribution in [1.82, 2.24) is 0 Å². The third-order valence-corrected chi connectivity index (χ3v) is 3.36. The van der Waals surface area contributed by atoms with Crippen LogP contribution in [0.3, 0.4) is 0 Å². The van der Waals surface area contributed by atoms with E-state index in [-0.39, 0.29) is 17.0 Å². The second-order valence-corrected chi connectivity index (χ2v) is 5.73. The minimum absolute atomic E-state index is 0.229. The molecular weight excluding hydrogens is 302 g/mol. The van der Waals surface area contributed by atoms with Gasteiger partial charge in [-0.05, 0) is 32.4 Å². The molecule has 7 heteroatoms. The number of carbonyl (C=O) groups is 3. The summed E-state index contributed by atoms with van der Waals surface area (Å²) in [5.74, 6) is -1.05. The maximum Gasteiger partial charge on any atom is 0.323 e. The number of aliphatic carboxylic acids is 1. The van der Waals surface area contributed by atoms with Gasteiger partial charge in [0.2, 0.25) is 0 Å². The van der Waals surface area contributed by atoms with E-state index in [1.165, 1.54) is 12.1 Å². The normalized spacial score (nSPS) is 15.6. The predicted octanol–water partition coefficient (Wildman–Crippen LogP) is 1.88. The van der Waals surface area contributed by atoms with Gasteiger partial charge < -0.3 is 14.6 Å². The first-order chi connectivity index (χ1) is 10.8. The second kappa shape index (κ2) is 6.28. The summed E-state index contributed by atoms with van der Waals surface area (Å²) < 4.78 is 11.4. The van der Waals surface area contributed by atoms with Gasteiger partial charge in [-0.1, -0.05) is 6.92 Å². The molecule has 2 rings (SSSR count). The molecule has 0 aromatic heterocycles. The molecule has 1 aromatic carbocycles. The van der Waals surface area contributed by atoms with E-state index in [0.717, 1.165) is 11.3 Å². The molecule has 1 aromatic rings. The number of carboxylic acid groups (broad SMARTS) is 1. The number of amides is 1. The number of hydrogen-bond donors (Lipinski definition) is 1. The molecule has 1 amide bonds. The van der Waals surface area contributed by atoms with Crippen molar-refractivity contribution < 1.29 is 29.0 Å². The van der Waals surface area contributed by atoms with Crippen molar-refractivity contribution in [2.75, 3.05) is 18.1 Å². The van der Waals surface area contributed by atoms with Gasteiger partial charge in [0.05, 0.1) is 12.3 Å². The summed E-state index contributed by atoms with van der Waals surface area (Å²) in [6, 6.07) is 2.95. The fourth-order valence-electron chi connectivity index (χ4n) is 2.32. The Hall–Kier alpha value is -2.57. The maximum atomic E-state index is 12.5. The predicted molar refractivity (Wildman–Crippen MR) is 82.3 cm³/mol. The molecule has 0 unspecified atom stereocenters. The first kappa shape index (κ1) is 16.8. The van der Waals surface area contributed by atoms with Crippen molar-refractivity contribution in [3.05, 3.63) is 17.7 Å². The minimum Gasteiger partial charge on any atom is -0.490 e. The molecule has 1 aliphatic heterocycles. The number of anilines is 1. The quantitative estimate of drug-likeness (QED) is 0.804. The molecule has 0 radical (unpaired) electrons. The van der Waals surface area contributed by atoms with Gasteiger partial charge >= 0.3 is 5.97 Å². The summed E-state index contributed by atoms with van der Waals surface area (Å²) >= 11 is 0. The lowest BCUT2D eigenvalue weighted by molar-refractivity contribution is -0.139. The van der Waals surface area contributed by atoms with Crippen LogP contribution in [0.5, 0.6) is 11.5 Å². The van der Waals surface area contributed by atoms with Crippen molar-refractivity contribution in [2.45, 2.75) is 32.8 Å². The maximum absolute atomic E-state index is 12.5. The van der Waals surface area contributed by atoms with E-state index in [2.05, 4.69) is 0 Å². The van der Waals surface area contributed by atoms with Gasteiger partial charge in [-0.3, -0.25) is 19.3 Å². The molecule has 1 aliphatic rings. The number of ether oxygens (including phenoxy) is 2. The zero-order valence-corrected chi connectivity index (χ0v) is 13.3. The van der Waals surface area contributed by atoms with Crippen LogP contribution >= 0.6 is 0 Å². The Balaban J connectivity index is 2.61. The highest BCUT2D eigenvalue weighted by atomic mass is 16.5. The number of rotatable bonds is 6. The van der Waals surface area contributed by atoms with Crippen LogP contribution in [0.4, 0.5) is 5.69 Å². The SMILES string of the molecule is CCCOc1cc(C=O)cc2c1OC(C)(C)C(=O)N2CC(=O)O. The summed E-state index contributed by atoms with van der Waals surface area (Å²) in [5.41, 5.74) is -0.719. The standard InChI is InChI=1S/C16H19NO6/c1-4-5-22-12-7-10(9-18)6-11-14(12)23-16(2,3)15(21)17(11)8-13(19)20/h6-7,9H,4-5,8H2,1-3H3,(H,19,20). The molecule has 23 heavy (non-hydrogen) atoms. The number of benzene rings is 1. The Morgan fingerprint density at radius 2 is 2.13 bits per heavy atom. The number of nitrogens with zero attached hydrogens (tertiary/aromatic N) is 1. The smallest absolute Gasteiger partial charge is 0.323 e. The number of fused-ring (bicyclic) bond motifs is 1. The van der Waals surface area contributed by atoms with Crippen LogP contribution in [-0.4, -0.2) is 42.0 Å². The van der Waals surface area contributed by atoms with Crippen LogP contribution in [-0.2, 0) is 9.59 Å². The molecule has 7 nitrogen and oxygen atoms in total. The first-order valence-electron chi connectivity index (χ1n) is 7.29. The number of aldehydes is 1. The van der Waals surface area contributed by atoms with Crippen molar-refractivity contribution in [2.24, 2.45) is 0 Å². The summed E-state index contributed by atoms with van der Waals surface area (Å²) in [6.45, 7) is 4.94. The van der Waals surface area contributed by atoms with E-state index < -0.39 is 24.0 Å². The third kappa shape index (κ3) is 3.28. The van der Waals surface area contributed by atoms with Gasteiger partial charge in [0, 0.05) is 5.56 Å². The lowest BCUT2D eigenvalue weighted by Crippen LogP contribution is -2.54.